The first-order chi connectivity index (χ1) is 35.1. The lowest BCUT2D eigenvalue weighted by molar-refractivity contribution is -0.134. The quantitative estimate of drug-likeness (QED) is 0.0762. The number of aromatic nitrogens is 4. The van der Waals surface area contributed by atoms with Gasteiger partial charge in [-0.2, -0.15) is 5.10 Å². The zero-order valence-corrected chi connectivity index (χ0v) is 42.4. The van der Waals surface area contributed by atoms with Crippen LogP contribution in [-0.4, -0.2) is 117 Å². The molecule has 0 bridgehead atoms. The van der Waals surface area contributed by atoms with Crippen LogP contribution >= 0.6 is 11.3 Å². The Morgan fingerprint density at radius 3 is 2.44 bits per heavy atom. The van der Waals surface area contributed by atoms with Crippen LogP contribution in [0.5, 0.6) is 5.75 Å². The van der Waals surface area contributed by atoms with Gasteiger partial charge in [-0.25, -0.2) is 14.8 Å². The van der Waals surface area contributed by atoms with E-state index in [-0.39, 0.29) is 42.3 Å². The van der Waals surface area contributed by atoms with E-state index < -0.39 is 17.5 Å². The van der Waals surface area contributed by atoms with Crippen molar-refractivity contribution in [2.24, 2.45) is 7.05 Å². The number of benzene rings is 4. The number of nitrogens with zero attached hydrogens (tertiary/aromatic N) is 7. The van der Waals surface area contributed by atoms with E-state index in [1.165, 1.54) is 11.3 Å². The third kappa shape index (κ3) is 10.8. The van der Waals surface area contributed by atoms with Gasteiger partial charge in [-0.1, -0.05) is 47.7 Å². The molecule has 3 aromatic heterocycles. The molecule has 0 spiro atoms. The number of amides is 4. The Morgan fingerprint density at radius 2 is 1.64 bits per heavy atom. The second-order valence-corrected chi connectivity index (χ2v) is 20.8. The maximum absolute atomic E-state index is 14.0. The second kappa shape index (κ2) is 20.5. The van der Waals surface area contributed by atoms with Gasteiger partial charge in [-0.15, -0.1) is 0 Å². The molecule has 4 aromatic carbocycles. The van der Waals surface area contributed by atoms with Gasteiger partial charge in [-0.3, -0.25) is 44.3 Å². The molecule has 0 saturated carbocycles. The van der Waals surface area contributed by atoms with E-state index >= 15 is 0 Å². The van der Waals surface area contributed by atoms with Crippen molar-refractivity contribution in [1.29, 1.82) is 0 Å². The molecule has 0 radical (unpaired) electrons. The molecular formula is C55H58N10O7S. The number of aryl methyl sites for hydroxylation is 1. The fourth-order valence-electron chi connectivity index (χ4n) is 9.90. The fraction of sp³-hybridized carbons (Fsp3) is 0.345. The monoisotopic (exact) mass is 1000 g/mol. The molecule has 6 heterocycles. The number of pyridine rings is 1. The van der Waals surface area contributed by atoms with E-state index in [0.29, 0.717) is 78.3 Å². The summed E-state index contributed by atoms with van der Waals surface area (Å²) in [6, 6.07) is 28.8. The third-order valence-corrected chi connectivity index (χ3v) is 14.6. The van der Waals surface area contributed by atoms with Gasteiger partial charge in [0.05, 0.1) is 33.9 Å². The highest BCUT2D eigenvalue weighted by atomic mass is 32.1. The van der Waals surface area contributed by atoms with Gasteiger partial charge in [0.25, 0.3) is 5.91 Å². The molecule has 0 aliphatic carbocycles. The number of piperidine rings is 1. The Hall–Kier alpha value is -7.54. The molecule has 2 saturated heterocycles. The molecule has 73 heavy (non-hydrogen) atoms. The highest BCUT2D eigenvalue weighted by Crippen LogP contribution is 2.36. The highest BCUT2D eigenvalue weighted by molar-refractivity contribution is 7.22. The predicted molar refractivity (Wildman–Crippen MR) is 281 cm³/mol. The number of fused-ring (bicyclic) bond motifs is 3. The Kier molecular flexibility index (Phi) is 13.8. The number of hydrogen-bond donors (Lipinski definition) is 3. The number of ether oxygens (including phenoxy) is 2. The average Bonchev–Trinajstić information content (AvgIpc) is 3.93. The number of thiazole rings is 1. The summed E-state index contributed by atoms with van der Waals surface area (Å²) in [5.74, 6) is -0.673. The van der Waals surface area contributed by atoms with E-state index in [0.717, 1.165) is 69.6 Å². The Labute approximate surface area is 426 Å². The minimum absolute atomic E-state index is 0.117. The summed E-state index contributed by atoms with van der Waals surface area (Å²) in [7, 11) is 1.80. The van der Waals surface area contributed by atoms with Crippen LogP contribution in [0.1, 0.15) is 82.8 Å². The van der Waals surface area contributed by atoms with E-state index in [4.69, 9.17) is 14.5 Å². The number of carbonyl (C=O) groups excluding carboxylic acids is 5. The topological polar surface area (TPSA) is 193 Å². The van der Waals surface area contributed by atoms with Gasteiger partial charge in [0.15, 0.2) is 10.8 Å². The molecule has 3 N–H and O–H groups in total. The summed E-state index contributed by atoms with van der Waals surface area (Å²) in [6.45, 7) is 12.9. The molecule has 7 aromatic rings. The Bertz CT molecular complexity index is 3270. The fourth-order valence-corrected chi connectivity index (χ4v) is 10.8. The van der Waals surface area contributed by atoms with Crippen LogP contribution in [0.25, 0.3) is 32.2 Å². The number of imide groups is 1. The summed E-state index contributed by atoms with van der Waals surface area (Å²) in [6.07, 6.45) is 1.38. The summed E-state index contributed by atoms with van der Waals surface area (Å²) < 4.78 is 15.1. The molecule has 1 unspecified atom stereocenters. The number of hydrogen-bond acceptors (Lipinski definition) is 14. The maximum atomic E-state index is 14.0. The zero-order valence-electron chi connectivity index (χ0n) is 41.6. The number of rotatable bonds is 13. The van der Waals surface area contributed by atoms with E-state index in [1.807, 2.05) is 113 Å². The molecule has 3 aliphatic rings. The van der Waals surface area contributed by atoms with Crippen molar-refractivity contribution >= 4 is 78.7 Å². The van der Waals surface area contributed by atoms with Crippen molar-refractivity contribution in [1.82, 2.24) is 34.9 Å². The van der Waals surface area contributed by atoms with Gasteiger partial charge >= 0.3 is 5.97 Å². The van der Waals surface area contributed by atoms with Crippen molar-refractivity contribution in [3.63, 3.8) is 0 Å². The first kappa shape index (κ1) is 49.1. The third-order valence-electron chi connectivity index (χ3n) is 13.6. The lowest BCUT2D eigenvalue weighted by Gasteiger charge is -2.34. The van der Waals surface area contributed by atoms with E-state index in [2.05, 4.69) is 46.8 Å². The first-order valence-electron chi connectivity index (χ1n) is 24.7. The van der Waals surface area contributed by atoms with Gasteiger partial charge in [-0.05, 0) is 117 Å². The second-order valence-electron chi connectivity index (χ2n) is 19.8. The molecule has 376 valence electrons. The number of para-hydroxylation sites is 1. The van der Waals surface area contributed by atoms with Gasteiger partial charge in [0, 0.05) is 81.5 Å². The van der Waals surface area contributed by atoms with Crippen molar-refractivity contribution in [3.8, 4) is 16.9 Å². The van der Waals surface area contributed by atoms with Crippen LogP contribution in [-0.2, 0) is 39.1 Å². The smallest absolute Gasteiger partial charge is 0.358 e. The maximum Gasteiger partial charge on any atom is 0.358 e. The average molecular weight is 1000 g/mol. The number of esters is 1. The molecule has 4 amide bonds. The van der Waals surface area contributed by atoms with Crippen LogP contribution in [0, 0.1) is 6.92 Å². The van der Waals surface area contributed by atoms with Crippen LogP contribution < -0.4 is 25.6 Å². The molecule has 3 aliphatic heterocycles. The van der Waals surface area contributed by atoms with Gasteiger partial charge in [0.1, 0.15) is 23.8 Å². The number of nitrogens with one attached hydrogen (secondary N) is 3. The van der Waals surface area contributed by atoms with Crippen LogP contribution in [0.2, 0.25) is 0 Å². The van der Waals surface area contributed by atoms with Crippen molar-refractivity contribution in [3.05, 3.63) is 125 Å². The van der Waals surface area contributed by atoms with Gasteiger partial charge < -0.3 is 19.7 Å². The minimum atomic E-state index is -0.760. The lowest BCUT2D eigenvalue weighted by Crippen LogP contribution is -2.49. The van der Waals surface area contributed by atoms with E-state index in [1.54, 1.807) is 11.7 Å². The van der Waals surface area contributed by atoms with Crippen LogP contribution in [0.15, 0.2) is 91.0 Å². The van der Waals surface area contributed by atoms with Crippen molar-refractivity contribution < 1.29 is 33.4 Å². The molecular weight excluding hydrogens is 945 g/mol. The summed E-state index contributed by atoms with van der Waals surface area (Å²) in [5, 5.41) is 14.4. The summed E-state index contributed by atoms with van der Waals surface area (Å²) in [5.41, 5.74) is 7.20. The molecule has 18 heteroatoms. The largest absolute Gasteiger partial charge is 0.492 e. The zero-order chi connectivity index (χ0) is 51.0. The normalized spacial score (nSPS) is 16.6. The number of piperazine rings is 1. The minimum Gasteiger partial charge on any atom is -0.492 e. The Morgan fingerprint density at radius 1 is 0.849 bits per heavy atom. The van der Waals surface area contributed by atoms with Crippen molar-refractivity contribution in [2.75, 3.05) is 68.0 Å². The molecule has 10 rings (SSSR count). The van der Waals surface area contributed by atoms with Crippen molar-refractivity contribution in [2.45, 2.75) is 65.0 Å². The van der Waals surface area contributed by atoms with Crippen LogP contribution in [0.3, 0.4) is 0 Å². The first-order valence-corrected chi connectivity index (χ1v) is 25.5. The molecule has 1 atom stereocenters. The highest BCUT2D eigenvalue weighted by Gasteiger charge is 2.32. The van der Waals surface area contributed by atoms with Gasteiger partial charge in [0.2, 0.25) is 17.7 Å². The molecule has 17 nitrogen and oxygen atoms in total. The van der Waals surface area contributed by atoms with E-state index in [9.17, 15) is 24.0 Å². The van der Waals surface area contributed by atoms with Crippen LogP contribution in [0.4, 0.5) is 16.6 Å². The summed E-state index contributed by atoms with van der Waals surface area (Å²) in [4.78, 5) is 81.5. The summed E-state index contributed by atoms with van der Waals surface area (Å²) >= 11 is 1.44. The SMILES string of the molecule is Cc1c(OCCN2CCN(CC(=O)Nc3ccc4c(C5CCC(=O)NC5=O)nn(C)c4c3)CC2)cccc1-c1ccc(N2CCc3cccc(C(=O)Nc4nc5ccccc5s4)c3C2)nc1C(=O)OC(C)(C)C. The number of anilines is 3. The molecule has 2 fully saturated rings. The Balaban J connectivity index is 0.760. The predicted octanol–water partition coefficient (Wildman–Crippen LogP) is 7.48. The number of carbonyl (C=O) groups is 5. The lowest BCUT2D eigenvalue weighted by atomic mass is 9.93. The standard InChI is InChI=1S/C55H58N10O7S/c1-33-36(11-9-14-44(33)71-29-28-63-24-26-64(27-25-63)32-48(67)56-35-16-17-39-43(30-35)62(5)61-49(39)40-19-21-47(66)59-52(40)69)37-18-20-46(58-50(37)53(70)72-55(2,3)4)65-23-22-34-10-8-12-38(41(34)31-65)51(68)60-54-57-42-13-6-7-15-45(42)73-54/h6-18,20,30,40H,19,21-29,31-32H2,1-5H3,(H,56,67)(H,57,60,68)(H,59,66,69).